The van der Waals surface area contributed by atoms with E-state index in [0.717, 1.165) is 18.4 Å². The number of carboxylic acid groups (broad SMARTS) is 1. The Balaban J connectivity index is 1.98. The number of ether oxygens (including phenoxy) is 1. The highest BCUT2D eigenvalue weighted by Crippen LogP contribution is 2.28. The maximum atomic E-state index is 11.9. The molecule has 1 unspecified atom stereocenters. The Morgan fingerprint density at radius 2 is 1.92 bits per heavy atom. The summed E-state index contributed by atoms with van der Waals surface area (Å²) in [5.74, 6) is -1.06. The van der Waals surface area contributed by atoms with Crippen LogP contribution in [0.1, 0.15) is 39.2 Å². The number of benzene rings is 1. The van der Waals surface area contributed by atoms with Gasteiger partial charge in [0.1, 0.15) is 11.6 Å². The van der Waals surface area contributed by atoms with Crippen molar-refractivity contribution in [2.45, 2.75) is 57.8 Å². The first-order valence-corrected chi connectivity index (χ1v) is 8.25. The van der Waals surface area contributed by atoms with Gasteiger partial charge in [-0.3, -0.25) is 4.90 Å². The third kappa shape index (κ3) is 6.20. The van der Waals surface area contributed by atoms with Crippen molar-refractivity contribution in [2.75, 3.05) is 6.54 Å². The second-order valence-corrected chi connectivity index (χ2v) is 7.18. The lowest BCUT2D eigenvalue weighted by molar-refractivity contribution is -0.140. The van der Waals surface area contributed by atoms with Gasteiger partial charge in [-0.05, 0) is 39.2 Å². The molecule has 2 rings (SSSR count). The minimum Gasteiger partial charge on any atom is -0.480 e. The molecule has 6 heteroatoms. The fourth-order valence-electron chi connectivity index (χ4n) is 2.47. The summed E-state index contributed by atoms with van der Waals surface area (Å²) in [4.78, 5) is 25.5. The van der Waals surface area contributed by atoms with Crippen LogP contribution in [-0.4, -0.2) is 46.3 Å². The highest BCUT2D eigenvalue weighted by molar-refractivity contribution is 5.80. The molecule has 24 heavy (non-hydrogen) atoms. The van der Waals surface area contributed by atoms with Gasteiger partial charge in [-0.15, -0.1) is 0 Å². The van der Waals surface area contributed by atoms with Crippen LogP contribution in [0.3, 0.4) is 0 Å². The molecule has 0 radical (unpaired) electrons. The van der Waals surface area contributed by atoms with Crippen molar-refractivity contribution in [2.24, 2.45) is 0 Å². The van der Waals surface area contributed by atoms with Gasteiger partial charge >= 0.3 is 12.1 Å². The van der Waals surface area contributed by atoms with E-state index in [1.807, 2.05) is 30.3 Å². The summed E-state index contributed by atoms with van der Waals surface area (Å²) in [7, 11) is 0. The van der Waals surface area contributed by atoms with E-state index >= 15 is 0 Å². The molecule has 1 fully saturated rings. The molecule has 0 saturated heterocycles. The monoisotopic (exact) mass is 334 g/mol. The number of nitrogens with one attached hydrogen (secondary N) is 1. The minimum absolute atomic E-state index is 0.258. The number of hydrogen-bond acceptors (Lipinski definition) is 4. The molecule has 6 nitrogen and oxygen atoms in total. The summed E-state index contributed by atoms with van der Waals surface area (Å²) in [6.45, 7) is 6.16. The molecule has 0 heterocycles. The summed E-state index contributed by atoms with van der Waals surface area (Å²) in [6, 6.07) is 9.31. The quantitative estimate of drug-likeness (QED) is 0.801. The zero-order valence-corrected chi connectivity index (χ0v) is 14.5. The van der Waals surface area contributed by atoms with Crippen molar-refractivity contribution in [1.82, 2.24) is 10.2 Å². The van der Waals surface area contributed by atoms with Gasteiger partial charge in [-0.25, -0.2) is 9.59 Å². The molecule has 1 atom stereocenters. The molecule has 1 aliphatic carbocycles. The number of carboxylic acids is 1. The molecule has 2 N–H and O–H groups in total. The number of hydrogen-bond donors (Lipinski definition) is 2. The summed E-state index contributed by atoms with van der Waals surface area (Å²) < 4.78 is 5.16. The molecule has 1 aromatic carbocycles. The van der Waals surface area contributed by atoms with Crippen molar-refractivity contribution < 1.29 is 19.4 Å². The Morgan fingerprint density at radius 3 is 2.42 bits per heavy atom. The van der Waals surface area contributed by atoms with Crippen LogP contribution in [0.2, 0.25) is 0 Å². The van der Waals surface area contributed by atoms with Crippen molar-refractivity contribution in [3.8, 4) is 0 Å². The molecule has 132 valence electrons. The number of carbonyl (C=O) groups excluding carboxylic acids is 1. The lowest BCUT2D eigenvalue weighted by Crippen LogP contribution is -2.50. The van der Waals surface area contributed by atoms with E-state index in [1.54, 1.807) is 20.8 Å². The van der Waals surface area contributed by atoms with Crippen molar-refractivity contribution >= 4 is 12.1 Å². The molecule has 1 saturated carbocycles. The molecule has 0 bridgehead atoms. The van der Waals surface area contributed by atoms with E-state index in [1.165, 1.54) is 0 Å². The van der Waals surface area contributed by atoms with Gasteiger partial charge < -0.3 is 15.2 Å². The number of aliphatic carboxylic acids is 1. The maximum absolute atomic E-state index is 11.9. The predicted octanol–water partition coefficient (Wildman–Crippen LogP) is 2.63. The Labute approximate surface area is 142 Å². The zero-order valence-electron chi connectivity index (χ0n) is 14.5. The van der Waals surface area contributed by atoms with Gasteiger partial charge in [0.15, 0.2) is 0 Å². The molecular weight excluding hydrogens is 308 g/mol. The zero-order chi connectivity index (χ0) is 17.7. The van der Waals surface area contributed by atoms with Gasteiger partial charge in [0.2, 0.25) is 0 Å². The van der Waals surface area contributed by atoms with Crippen LogP contribution < -0.4 is 5.32 Å². The van der Waals surface area contributed by atoms with Gasteiger partial charge in [-0.2, -0.15) is 0 Å². The van der Waals surface area contributed by atoms with Gasteiger partial charge in [0.25, 0.3) is 0 Å². The van der Waals surface area contributed by atoms with Crippen molar-refractivity contribution in [3.63, 3.8) is 0 Å². The summed E-state index contributed by atoms with van der Waals surface area (Å²) >= 11 is 0. The average Bonchev–Trinajstić information content (AvgIpc) is 3.29. The second kappa shape index (κ2) is 7.66. The normalized spacial score (nSPS) is 15.8. The highest BCUT2D eigenvalue weighted by atomic mass is 16.6. The van der Waals surface area contributed by atoms with Crippen LogP contribution in [0.25, 0.3) is 0 Å². The molecule has 0 spiro atoms. The number of carbonyl (C=O) groups is 2. The Morgan fingerprint density at radius 1 is 1.29 bits per heavy atom. The highest BCUT2D eigenvalue weighted by Gasteiger charge is 2.33. The molecule has 1 aromatic rings. The van der Waals surface area contributed by atoms with E-state index in [4.69, 9.17) is 4.74 Å². The van der Waals surface area contributed by atoms with Crippen molar-refractivity contribution in [1.29, 1.82) is 0 Å². The van der Waals surface area contributed by atoms with Crippen LogP contribution in [0, 0.1) is 0 Å². The summed E-state index contributed by atoms with van der Waals surface area (Å²) in [6.07, 6.45) is 1.42. The number of amides is 1. The Kier molecular flexibility index (Phi) is 5.83. The van der Waals surface area contributed by atoms with E-state index in [-0.39, 0.29) is 6.54 Å². The molecular formula is C18H26N2O4. The van der Waals surface area contributed by atoms with Crippen LogP contribution in [0.4, 0.5) is 4.79 Å². The lowest BCUT2D eigenvalue weighted by atomic mass is 10.2. The summed E-state index contributed by atoms with van der Waals surface area (Å²) in [5.41, 5.74) is 0.471. The molecule has 0 aromatic heterocycles. The third-order valence-corrected chi connectivity index (χ3v) is 3.70. The van der Waals surface area contributed by atoms with E-state index < -0.39 is 23.7 Å². The number of nitrogens with zero attached hydrogens (tertiary/aromatic N) is 1. The predicted molar refractivity (Wildman–Crippen MR) is 90.7 cm³/mol. The Hall–Kier alpha value is -2.08. The number of alkyl carbamates (subject to hydrolysis) is 1. The first-order chi connectivity index (χ1) is 11.2. The number of rotatable bonds is 7. The van der Waals surface area contributed by atoms with Crippen molar-refractivity contribution in [3.05, 3.63) is 35.9 Å². The largest absolute Gasteiger partial charge is 0.480 e. The molecule has 1 amide bonds. The standard InChI is InChI=1S/C18H26N2O4/c1-18(2,3)24-17(23)19-15(16(21)22)12-20(14-9-10-14)11-13-7-5-4-6-8-13/h4-8,14-15H,9-12H2,1-3H3,(H,19,23)(H,21,22). The maximum Gasteiger partial charge on any atom is 0.408 e. The van der Waals surface area contributed by atoms with E-state index in [9.17, 15) is 14.7 Å². The van der Waals surface area contributed by atoms with Crippen LogP contribution >= 0.6 is 0 Å². The molecule has 1 aliphatic rings. The van der Waals surface area contributed by atoms with Crippen LogP contribution in [-0.2, 0) is 16.1 Å². The van der Waals surface area contributed by atoms with Gasteiger partial charge in [-0.1, -0.05) is 30.3 Å². The van der Waals surface area contributed by atoms with Gasteiger partial charge in [0, 0.05) is 19.1 Å². The van der Waals surface area contributed by atoms with E-state index in [2.05, 4.69) is 10.2 Å². The smallest absolute Gasteiger partial charge is 0.408 e. The fourth-order valence-corrected chi connectivity index (χ4v) is 2.47. The third-order valence-electron chi connectivity index (χ3n) is 3.70. The van der Waals surface area contributed by atoms with Crippen LogP contribution in [0.15, 0.2) is 30.3 Å². The lowest BCUT2D eigenvalue weighted by Gasteiger charge is -2.27. The van der Waals surface area contributed by atoms with Crippen LogP contribution in [0.5, 0.6) is 0 Å². The minimum atomic E-state index is -1.06. The Bertz CT molecular complexity index is 564. The summed E-state index contributed by atoms with van der Waals surface area (Å²) in [5, 5.41) is 11.9. The van der Waals surface area contributed by atoms with Gasteiger partial charge in [0.05, 0.1) is 0 Å². The fraction of sp³-hybridized carbons (Fsp3) is 0.556. The first-order valence-electron chi connectivity index (χ1n) is 8.25. The second-order valence-electron chi connectivity index (χ2n) is 7.18. The average molecular weight is 334 g/mol. The van der Waals surface area contributed by atoms with E-state index in [0.29, 0.717) is 12.6 Å². The first kappa shape index (κ1) is 18.3. The molecule has 0 aliphatic heterocycles. The topological polar surface area (TPSA) is 78.9 Å². The SMILES string of the molecule is CC(C)(C)OC(=O)NC(CN(Cc1ccccc1)C1CC1)C(=O)O.